The van der Waals surface area contributed by atoms with Crippen molar-refractivity contribution in [2.45, 2.75) is 118 Å². The molecule has 0 unspecified atom stereocenters. The van der Waals surface area contributed by atoms with E-state index in [4.69, 9.17) is 28.6 Å². The van der Waals surface area contributed by atoms with E-state index in [1.54, 1.807) is 12.1 Å². The molecule has 0 aliphatic rings. The van der Waals surface area contributed by atoms with Crippen molar-refractivity contribution in [1.82, 2.24) is 5.48 Å². The van der Waals surface area contributed by atoms with E-state index in [0.717, 1.165) is 6.08 Å². The van der Waals surface area contributed by atoms with Gasteiger partial charge in [0.15, 0.2) is 14.4 Å². The molecule has 2 aromatic carbocycles. The minimum atomic E-state index is -8.72. The highest BCUT2D eigenvalue weighted by atomic mass is 28.4. The van der Waals surface area contributed by atoms with Crippen LogP contribution in [0.15, 0.2) is 60.2 Å². The van der Waals surface area contributed by atoms with Crippen LogP contribution in [0.1, 0.15) is 52.7 Å². The van der Waals surface area contributed by atoms with Gasteiger partial charge in [-0.05, 0) is 71.6 Å². The van der Waals surface area contributed by atoms with E-state index in [1.165, 1.54) is 90.7 Å². The first-order valence-corrected chi connectivity index (χ1v) is 21.5. The van der Waals surface area contributed by atoms with Crippen molar-refractivity contribution >= 4 is 26.0 Å². The number of amides is 2. The Morgan fingerprint density at radius 2 is 1.13 bits per heavy atom. The van der Waals surface area contributed by atoms with Crippen LogP contribution in [0, 0.1) is 0 Å². The number of hydrogen-bond acceptors (Lipinski definition) is 8. The molecule has 0 fully saturated rings. The maximum Gasteiger partial charge on any atom is 0.460 e. The van der Waals surface area contributed by atoms with Gasteiger partial charge in [0, 0.05) is 25.3 Å². The smallest absolute Gasteiger partial charge is 0.460 e. The summed E-state index contributed by atoms with van der Waals surface area (Å²) in [6.07, 6.45) is -13.0. The van der Waals surface area contributed by atoms with Gasteiger partial charge in [0.25, 0.3) is 5.91 Å². The highest BCUT2D eigenvalue weighted by Gasteiger charge is 2.95. The zero-order valence-corrected chi connectivity index (χ0v) is 37.1. The Bertz CT molecular complexity index is 1980. The lowest BCUT2D eigenvalue weighted by atomic mass is 9.88. The summed E-state index contributed by atoms with van der Waals surface area (Å²) in [4.78, 5) is 24.9. The fourth-order valence-electron chi connectivity index (χ4n) is 6.61. The normalized spacial score (nSPS) is 15.1. The van der Waals surface area contributed by atoms with Crippen LogP contribution in [0.5, 0.6) is 11.5 Å². The highest BCUT2D eigenvalue weighted by molar-refractivity contribution is 6.76. The molecule has 0 saturated heterocycles. The molecule has 0 aliphatic heterocycles. The molecule has 0 heterocycles. The van der Waals surface area contributed by atoms with Gasteiger partial charge in [-0.3, -0.25) is 15.3 Å². The number of benzene rings is 2. The Morgan fingerprint density at radius 1 is 0.672 bits per heavy atom. The molecule has 0 aliphatic carbocycles. The average molecular weight is 1020 g/mol. The molecule has 2 amide bonds. The Hall–Kier alpha value is -4.57. The van der Waals surface area contributed by atoms with Crippen LogP contribution < -0.4 is 20.3 Å². The van der Waals surface area contributed by atoms with E-state index in [1.807, 2.05) is 0 Å². The van der Waals surface area contributed by atoms with Crippen molar-refractivity contribution in [3.8, 4) is 11.5 Å². The summed E-state index contributed by atoms with van der Waals surface area (Å²) in [5, 5.41) is 11.5. The van der Waals surface area contributed by atoms with Crippen molar-refractivity contribution in [1.29, 1.82) is 0 Å². The minimum absolute atomic E-state index is 0.0424. The van der Waals surface area contributed by atoms with Crippen LogP contribution in [0.25, 0.3) is 0 Å². The fourth-order valence-corrected chi connectivity index (χ4v) is 11.1. The van der Waals surface area contributed by atoms with E-state index in [9.17, 15) is 75.4 Å². The lowest BCUT2D eigenvalue weighted by Gasteiger charge is -2.44. The van der Waals surface area contributed by atoms with Gasteiger partial charge in [-0.1, -0.05) is 39.8 Å². The van der Waals surface area contributed by atoms with E-state index >= 15 is 8.78 Å². The topological polar surface area (TPSA) is 125 Å². The van der Waals surface area contributed by atoms with Crippen molar-refractivity contribution in [2.75, 3.05) is 32.8 Å². The van der Waals surface area contributed by atoms with Crippen LogP contribution in [-0.4, -0.2) is 107 Å². The van der Waals surface area contributed by atoms with Crippen LogP contribution in [0.3, 0.4) is 0 Å². The summed E-state index contributed by atoms with van der Waals surface area (Å²) in [5.41, 5.74) is 0.233. The zero-order chi connectivity index (χ0) is 52.0. The van der Waals surface area contributed by atoms with E-state index < -0.39 is 117 Å². The van der Waals surface area contributed by atoms with Gasteiger partial charge >= 0.3 is 53.7 Å². The molecule has 0 aromatic heterocycles. The van der Waals surface area contributed by atoms with Gasteiger partial charge in [-0.2, -0.15) is 74.6 Å². The maximum absolute atomic E-state index is 15.0. The lowest BCUT2D eigenvalue weighted by Crippen LogP contribution is -2.74. The molecule has 0 saturated carbocycles. The van der Waals surface area contributed by atoms with Crippen molar-refractivity contribution in [3.05, 3.63) is 65.7 Å². The Kier molecular flexibility index (Phi) is 18.7. The lowest BCUT2D eigenvalue weighted by molar-refractivity contribution is -0.461. The second-order valence-electron chi connectivity index (χ2n) is 15.4. The molecule has 10 nitrogen and oxygen atoms in total. The molecule has 2 rings (SSSR count). The van der Waals surface area contributed by atoms with Gasteiger partial charge in [0.2, 0.25) is 0 Å². The summed E-state index contributed by atoms with van der Waals surface area (Å²) >= 11 is 0. The number of nitrogens with one attached hydrogen (secondary N) is 2. The predicted octanol–water partition coefficient (Wildman–Crippen LogP) is 12.0. The van der Waals surface area contributed by atoms with E-state index in [-0.39, 0.29) is 22.6 Å². The SMILES string of the molecule is COc1ccc(NC(=O)O[C@H](c2ccc(OCCO[Si](CCC(F)(F)C(F)(F)C(F)(F)C(F)(F)C(F)(F)C(F)(F)C(F)(F)C(F)(F)F)(C(C)C)C(C)C)cc2)[C@H](OC)/C(C)=C/C(=O)NO)cc1. The second-order valence-corrected chi connectivity index (χ2v) is 20.4. The first kappa shape index (κ1) is 58.6. The molecule has 28 heteroatoms. The largest absolute Gasteiger partial charge is 0.497 e. The molecule has 2 atom stereocenters. The Balaban J connectivity index is 2.34. The molecule has 2 aromatic rings. The average Bonchev–Trinajstić information content (AvgIpc) is 3.22. The summed E-state index contributed by atoms with van der Waals surface area (Å²) < 4.78 is 264. The molecule has 0 spiro atoms. The first-order chi connectivity index (χ1) is 30.4. The molecular formula is C39H45F17N2O8Si. The van der Waals surface area contributed by atoms with Gasteiger partial charge in [-0.25, -0.2) is 10.3 Å². The number of methoxy groups -OCH3 is 2. The standard InChI is InChI=1S/C39H45F17N2O8Si/c1-21(2)67(22(3)4,19-16-32(40,41)33(42,43)34(44,45)35(46,47)36(48,49)37(50,51)38(52,53)39(54,55)56)65-18-17-64-27-12-8-24(9-13-27)30(29(63-7)23(5)20-28(59)58-61)66-31(60)57-25-10-14-26(62-6)15-11-25/h8-15,20-22,29-30,61H,16-19H2,1-7H3,(H,57,60)(H,58,59)/b23-20+/t29-,30-/m1/s1. The molecule has 3 N–H and O–H groups in total. The van der Waals surface area contributed by atoms with Crippen molar-refractivity contribution in [2.24, 2.45) is 0 Å². The molecule has 0 radical (unpaired) electrons. The minimum Gasteiger partial charge on any atom is -0.497 e. The quantitative estimate of drug-likeness (QED) is 0.0237. The third kappa shape index (κ3) is 11.8. The predicted molar refractivity (Wildman–Crippen MR) is 204 cm³/mol. The van der Waals surface area contributed by atoms with Gasteiger partial charge in [-0.15, -0.1) is 0 Å². The van der Waals surface area contributed by atoms with Gasteiger partial charge < -0.3 is 23.4 Å². The van der Waals surface area contributed by atoms with Crippen molar-refractivity contribution in [3.63, 3.8) is 0 Å². The third-order valence-electron chi connectivity index (χ3n) is 10.5. The van der Waals surface area contributed by atoms with Crippen LogP contribution in [-0.2, 0) is 18.7 Å². The number of anilines is 1. The van der Waals surface area contributed by atoms with Crippen LogP contribution in [0.4, 0.5) is 85.1 Å². The summed E-state index contributed by atoms with van der Waals surface area (Å²) in [7, 11) is -1.41. The maximum atomic E-state index is 15.0. The number of hydrogen-bond donors (Lipinski definition) is 3. The molecule has 382 valence electrons. The summed E-state index contributed by atoms with van der Waals surface area (Å²) in [6, 6.07) is 10.1. The van der Waals surface area contributed by atoms with Crippen LogP contribution in [0.2, 0.25) is 17.1 Å². The Labute approximate surface area is 372 Å². The monoisotopic (exact) mass is 1020 g/mol. The molecule has 67 heavy (non-hydrogen) atoms. The molecular weight excluding hydrogens is 975 g/mol. The summed E-state index contributed by atoms with van der Waals surface area (Å²) in [6.45, 7) is 5.55. The number of rotatable bonds is 24. The van der Waals surface area contributed by atoms with E-state index in [2.05, 4.69) is 5.32 Å². The van der Waals surface area contributed by atoms with Gasteiger partial charge in [0.05, 0.1) is 13.7 Å². The first-order valence-electron chi connectivity index (χ1n) is 19.3. The van der Waals surface area contributed by atoms with Crippen LogP contribution >= 0.6 is 0 Å². The zero-order valence-electron chi connectivity index (χ0n) is 36.1. The molecule has 0 bridgehead atoms. The number of ether oxygens (including phenoxy) is 4. The number of carbonyl (C=O) groups excluding carboxylic acids is 2. The Morgan fingerprint density at radius 3 is 1.57 bits per heavy atom. The second kappa shape index (κ2) is 21.4. The number of halogens is 17. The number of hydroxylamine groups is 1. The number of alkyl halides is 17. The fraction of sp³-hybridized carbons (Fsp3) is 0.590. The van der Waals surface area contributed by atoms with Crippen molar-refractivity contribution < 1.29 is 113 Å². The van der Waals surface area contributed by atoms with Gasteiger partial charge in [0.1, 0.15) is 24.2 Å². The number of carbonyl (C=O) groups is 2. The summed E-state index contributed by atoms with van der Waals surface area (Å²) in [5.74, 6) is -57.4. The third-order valence-corrected chi connectivity index (χ3v) is 16.2. The highest BCUT2D eigenvalue weighted by Crippen LogP contribution is 2.64. The van der Waals surface area contributed by atoms with E-state index in [0.29, 0.717) is 5.75 Å².